The lowest BCUT2D eigenvalue weighted by Crippen LogP contribution is -2.41. The molecule has 0 bridgehead atoms. The van der Waals surface area contributed by atoms with Crippen LogP contribution in [0.15, 0.2) is 24.3 Å². The third kappa shape index (κ3) is 4.48. The van der Waals surface area contributed by atoms with Gasteiger partial charge in [0.15, 0.2) is 0 Å². The van der Waals surface area contributed by atoms with Crippen LogP contribution >= 0.6 is 0 Å². The van der Waals surface area contributed by atoms with Crippen molar-refractivity contribution in [3.63, 3.8) is 0 Å². The lowest BCUT2D eigenvalue weighted by Gasteiger charge is -2.33. The number of aliphatic hydroxyl groups excluding tert-OH is 1. The monoisotopic (exact) mass is 425 g/mol. The third-order valence-electron chi connectivity index (χ3n) is 5.27. The molecule has 2 aromatic rings. The van der Waals surface area contributed by atoms with Crippen LogP contribution in [0.3, 0.4) is 0 Å². The van der Waals surface area contributed by atoms with Crippen molar-refractivity contribution in [3.05, 3.63) is 41.1 Å². The maximum atomic E-state index is 13.0. The predicted octanol–water partition coefficient (Wildman–Crippen LogP) is 3.90. The van der Waals surface area contributed by atoms with Gasteiger partial charge < -0.3 is 19.8 Å². The molecule has 1 aliphatic rings. The van der Waals surface area contributed by atoms with Crippen LogP contribution in [0.1, 0.15) is 35.8 Å². The van der Waals surface area contributed by atoms with Crippen LogP contribution in [0.25, 0.3) is 11.3 Å². The lowest BCUT2D eigenvalue weighted by molar-refractivity contribution is -0.137. The number of aromatic nitrogens is 2. The van der Waals surface area contributed by atoms with Gasteiger partial charge in [-0.2, -0.15) is 18.3 Å². The van der Waals surface area contributed by atoms with E-state index in [1.165, 1.54) is 18.1 Å². The van der Waals surface area contributed by atoms with Gasteiger partial charge in [-0.3, -0.25) is 0 Å². The van der Waals surface area contributed by atoms with Gasteiger partial charge in [-0.25, -0.2) is 4.79 Å². The number of hydrogen-bond acceptors (Lipinski definition) is 5. The fourth-order valence-corrected chi connectivity index (χ4v) is 3.66. The molecule has 0 saturated carbocycles. The summed E-state index contributed by atoms with van der Waals surface area (Å²) in [5, 5.41) is 28.0. The molecule has 1 aromatic carbocycles. The Hall–Kier alpha value is -2.88. The molecule has 2 N–H and O–H groups in total. The van der Waals surface area contributed by atoms with Crippen LogP contribution in [-0.2, 0) is 6.18 Å². The van der Waals surface area contributed by atoms with E-state index in [1.807, 2.05) is 0 Å². The molecule has 0 unspecified atom stereocenters. The van der Waals surface area contributed by atoms with Gasteiger partial charge in [0.25, 0.3) is 0 Å². The summed E-state index contributed by atoms with van der Waals surface area (Å²) < 4.78 is 44.0. The van der Waals surface area contributed by atoms with Gasteiger partial charge in [-0.1, -0.05) is 0 Å². The zero-order valence-electron chi connectivity index (χ0n) is 16.5. The van der Waals surface area contributed by atoms with Crippen LogP contribution in [0.4, 0.5) is 18.0 Å². The number of halogens is 3. The van der Waals surface area contributed by atoms with Gasteiger partial charge in [-0.15, -0.1) is 5.10 Å². The molecule has 10 heteroatoms. The molecule has 30 heavy (non-hydrogen) atoms. The molecule has 1 aromatic heterocycles. The average Bonchev–Trinajstić information content (AvgIpc) is 2.72. The fraction of sp³-hybridized carbons (Fsp3) is 0.450. The number of ether oxygens (including phenoxy) is 1. The first kappa shape index (κ1) is 21.8. The third-order valence-corrected chi connectivity index (χ3v) is 5.27. The highest BCUT2D eigenvalue weighted by Gasteiger charge is 2.32. The molecule has 1 amide bonds. The number of hydrogen-bond donors (Lipinski definition) is 2. The van der Waals surface area contributed by atoms with Gasteiger partial charge in [0.1, 0.15) is 11.9 Å². The van der Waals surface area contributed by atoms with E-state index in [0.717, 1.165) is 12.1 Å². The Bertz CT molecular complexity index is 936. The number of amides is 1. The van der Waals surface area contributed by atoms with Crippen molar-refractivity contribution in [2.24, 2.45) is 5.92 Å². The highest BCUT2D eigenvalue weighted by molar-refractivity contribution is 5.70. The Morgan fingerprint density at radius 3 is 2.63 bits per heavy atom. The van der Waals surface area contributed by atoms with Crippen LogP contribution in [0, 0.1) is 12.8 Å². The first-order valence-electron chi connectivity index (χ1n) is 9.37. The Kier molecular flexibility index (Phi) is 6.16. The Labute approximate surface area is 171 Å². The summed E-state index contributed by atoms with van der Waals surface area (Å²) in [7, 11) is 1.27. The number of rotatable bonds is 4. The van der Waals surface area contributed by atoms with E-state index in [-0.39, 0.29) is 18.2 Å². The molecule has 0 spiro atoms. The topological polar surface area (TPSA) is 95.8 Å². The number of carboxylic acid groups (broad SMARTS) is 1. The summed E-state index contributed by atoms with van der Waals surface area (Å²) in [6.45, 7) is 2.34. The minimum Gasteiger partial charge on any atom is -0.496 e. The molecule has 1 aliphatic heterocycles. The minimum atomic E-state index is -4.50. The molecular weight excluding hydrogens is 403 g/mol. The molecule has 0 radical (unpaired) electrons. The normalized spacial score (nSPS) is 18.2. The van der Waals surface area contributed by atoms with E-state index in [0.29, 0.717) is 41.9 Å². The first-order chi connectivity index (χ1) is 14.1. The van der Waals surface area contributed by atoms with Crippen LogP contribution in [-0.4, -0.2) is 51.6 Å². The van der Waals surface area contributed by atoms with E-state index in [4.69, 9.17) is 9.84 Å². The van der Waals surface area contributed by atoms with Crippen LogP contribution in [0.2, 0.25) is 0 Å². The number of methoxy groups -OCH3 is 1. The van der Waals surface area contributed by atoms with Crippen molar-refractivity contribution in [2.45, 2.75) is 32.0 Å². The molecule has 7 nitrogen and oxygen atoms in total. The first-order valence-corrected chi connectivity index (χ1v) is 9.37. The number of nitrogens with zero attached hydrogens (tertiary/aromatic N) is 3. The Balaban J connectivity index is 1.88. The summed E-state index contributed by atoms with van der Waals surface area (Å²) in [6, 6.07) is 4.75. The zero-order valence-corrected chi connectivity index (χ0v) is 16.5. The minimum absolute atomic E-state index is 0.0138. The van der Waals surface area contributed by atoms with Crippen molar-refractivity contribution in [1.29, 1.82) is 0 Å². The largest absolute Gasteiger partial charge is 0.496 e. The van der Waals surface area contributed by atoms with Gasteiger partial charge in [0, 0.05) is 24.6 Å². The van der Waals surface area contributed by atoms with Gasteiger partial charge in [0.05, 0.1) is 24.1 Å². The van der Waals surface area contributed by atoms with Crippen molar-refractivity contribution in [2.75, 3.05) is 20.2 Å². The number of aryl methyl sites for hydroxylation is 1. The molecule has 1 saturated heterocycles. The highest BCUT2D eigenvalue weighted by Crippen LogP contribution is 2.38. The number of carbonyl (C=O) groups is 1. The van der Waals surface area contributed by atoms with Gasteiger partial charge >= 0.3 is 12.3 Å². The van der Waals surface area contributed by atoms with Crippen LogP contribution in [0.5, 0.6) is 5.75 Å². The fourth-order valence-electron chi connectivity index (χ4n) is 3.66. The van der Waals surface area contributed by atoms with E-state index in [1.54, 1.807) is 13.0 Å². The number of aliphatic hydroxyl groups is 1. The van der Waals surface area contributed by atoms with E-state index >= 15 is 0 Å². The maximum Gasteiger partial charge on any atom is 0.416 e. The quantitative estimate of drug-likeness (QED) is 0.771. The number of likely N-dealkylation sites (tertiary alicyclic amines) is 1. The molecule has 1 fully saturated rings. The maximum absolute atomic E-state index is 13.0. The highest BCUT2D eigenvalue weighted by atomic mass is 19.4. The van der Waals surface area contributed by atoms with E-state index in [9.17, 15) is 23.1 Å². The van der Waals surface area contributed by atoms with Crippen molar-refractivity contribution >= 4 is 6.09 Å². The Morgan fingerprint density at radius 1 is 1.30 bits per heavy atom. The second-order valence-electron chi connectivity index (χ2n) is 7.29. The summed E-state index contributed by atoms with van der Waals surface area (Å²) in [4.78, 5) is 12.5. The van der Waals surface area contributed by atoms with Crippen molar-refractivity contribution < 1.29 is 32.9 Å². The van der Waals surface area contributed by atoms with E-state index in [2.05, 4.69) is 10.2 Å². The molecule has 2 heterocycles. The zero-order chi connectivity index (χ0) is 22.1. The number of benzene rings is 1. The molecule has 0 aliphatic carbocycles. The predicted molar refractivity (Wildman–Crippen MR) is 101 cm³/mol. The van der Waals surface area contributed by atoms with Gasteiger partial charge in [0.2, 0.25) is 0 Å². The summed E-state index contributed by atoms with van der Waals surface area (Å²) in [5.41, 5.74) is 0.752. The summed E-state index contributed by atoms with van der Waals surface area (Å²) in [5.74, 6) is -0.296. The second-order valence-corrected chi connectivity index (χ2v) is 7.29. The van der Waals surface area contributed by atoms with Crippen molar-refractivity contribution in [1.82, 2.24) is 15.1 Å². The number of alkyl halides is 3. The summed E-state index contributed by atoms with van der Waals surface area (Å²) in [6.07, 6.45) is -5.23. The smallest absolute Gasteiger partial charge is 0.416 e. The molecule has 162 valence electrons. The second kappa shape index (κ2) is 8.47. The molecule has 2 atom stereocenters. The average molecular weight is 425 g/mol. The van der Waals surface area contributed by atoms with Crippen LogP contribution < -0.4 is 4.74 Å². The standard InChI is InChI=1S/C20H22F3N3O4/c1-11-8-15(18(27)12-4-3-7-26(10-12)19(28)29)24-25-17(11)14-6-5-13(20(21,22)23)9-16(14)30-2/h5-6,8-9,12,18,27H,3-4,7,10H2,1-2H3,(H,28,29)/t12-,18-/m1/s1. The molecule has 3 rings (SSSR count). The number of piperidine rings is 1. The lowest BCUT2D eigenvalue weighted by atomic mass is 9.90. The summed E-state index contributed by atoms with van der Waals surface area (Å²) >= 11 is 0. The van der Waals surface area contributed by atoms with Crippen molar-refractivity contribution in [3.8, 4) is 17.0 Å². The Morgan fingerprint density at radius 2 is 2.03 bits per heavy atom. The SMILES string of the molecule is COc1cc(C(F)(F)F)ccc1-c1nnc([C@H](O)[C@@H]2CCCN(C(=O)O)C2)cc1C. The van der Waals surface area contributed by atoms with Gasteiger partial charge in [-0.05, 0) is 49.6 Å². The van der Waals surface area contributed by atoms with E-state index < -0.39 is 23.9 Å². The molecular formula is C20H22F3N3O4.